The summed E-state index contributed by atoms with van der Waals surface area (Å²) in [6.07, 6.45) is -0.129. The summed E-state index contributed by atoms with van der Waals surface area (Å²) in [5.41, 5.74) is 2.21. The fraction of sp³-hybridized carbons (Fsp3) is 0.304. The predicted octanol–water partition coefficient (Wildman–Crippen LogP) is 3.20. The fourth-order valence-electron chi connectivity index (χ4n) is 3.07. The number of hydrogen-bond acceptors (Lipinski definition) is 6. The van der Waals surface area contributed by atoms with Crippen LogP contribution in [0.25, 0.3) is 0 Å². The smallest absolute Gasteiger partial charge is 0.303 e. The van der Waals surface area contributed by atoms with E-state index in [0.717, 1.165) is 11.1 Å². The van der Waals surface area contributed by atoms with Crippen LogP contribution in [0, 0.1) is 0 Å². The SMILES string of the molecule is CC(=O)O[C@H]1C(C=O)=CO[C@H](COCc2ccccc2)[C@H]1OCc1ccccc1. The summed E-state index contributed by atoms with van der Waals surface area (Å²) in [4.78, 5) is 23.1. The van der Waals surface area contributed by atoms with Crippen molar-refractivity contribution in [2.45, 2.75) is 38.4 Å². The molecule has 0 unspecified atom stereocenters. The van der Waals surface area contributed by atoms with Crippen molar-refractivity contribution in [3.63, 3.8) is 0 Å². The summed E-state index contributed by atoms with van der Waals surface area (Å²) in [5, 5.41) is 0. The first-order valence-electron chi connectivity index (χ1n) is 9.42. The van der Waals surface area contributed by atoms with Crippen LogP contribution in [-0.2, 0) is 41.8 Å². The van der Waals surface area contributed by atoms with Crippen molar-refractivity contribution in [3.8, 4) is 0 Å². The molecule has 0 N–H and O–H groups in total. The van der Waals surface area contributed by atoms with Crippen molar-refractivity contribution in [1.82, 2.24) is 0 Å². The van der Waals surface area contributed by atoms with Gasteiger partial charge in [-0.05, 0) is 11.1 Å². The molecule has 0 aromatic heterocycles. The van der Waals surface area contributed by atoms with Gasteiger partial charge in [-0.1, -0.05) is 60.7 Å². The van der Waals surface area contributed by atoms with E-state index in [2.05, 4.69) is 0 Å². The maximum absolute atomic E-state index is 11.6. The van der Waals surface area contributed by atoms with E-state index in [4.69, 9.17) is 18.9 Å². The highest BCUT2D eigenvalue weighted by Crippen LogP contribution is 2.25. The van der Waals surface area contributed by atoms with E-state index in [1.54, 1.807) is 0 Å². The minimum Gasteiger partial charge on any atom is -0.492 e. The van der Waals surface area contributed by atoms with Gasteiger partial charge in [0.25, 0.3) is 0 Å². The summed E-state index contributed by atoms with van der Waals surface area (Å²) < 4.78 is 22.9. The van der Waals surface area contributed by atoms with Gasteiger partial charge in [-0.2, -0.15) is 0 Å². The minimum atomic E-state index is -0.854. The van der Waals surface area contributed by atoms with Crippen LogP contribution in [0.5, 0.6) is 0 Å². The lowest BCUT2D eigenvalue weighted by atomic mass is 9.99. The Balaban J connectivity index is 1.71. The lowest BCUT2D eigenvalue weighted by Crippen LogP contribution is -2.48. The van der Waals surface area contributed by atoms with Crippen LogP contribution in [0.2, 0.25) is 0 Å². The van der Waals surface area contributed by atoms with Gasteiger partial charge in [-0.15, -0.1) is 0 Å². The number of carbonyl (C=O) groups is 2. The Morgan fingerprint density at radius 3 is 2.21 bits per heavy atom. The molecule has 1 aliphatic heterocycles. The molecule has 1 aliphatic rings. The van der Waals surface area contributed by atoms with Gasteiger partial charge >= 0.3 is 5.97 Å². The average Bonchev–Trinajstić information content (AvgIpc) is 2.74. The van der Waals surface area contributed by atoms with Crippen molar-refractivity contribution >= 4 is 12.3 Å². The second kappa shape index (κ2) is 10.5. The third kappa shape index (κ3) is 6.01. The molecule has 0 radical (unpaired) electrons. The summed E-state index contributed by atoms with van der Waals surface area (Å²) in [6, 6.07) is 19.4. The van der Waals surface area contributed by atoms with E-state index in [-0.39, 0.29) is 18.8 Å². The third-order valence-electron chi connectivity index (χ3n) is 4.48. The standard InChI is InChI=1S/C23H24O6/c1-17(25)29-22-20(12-24)15-27-21(16-26-13-18-8-4-2-5-9-18)23(22)28-14-19-10-6-3-7-11-19/h2-12,15,21-23H,13-14,16H2,1H3/t21-,22+,23-/m1/s1. The molecule has 0 aliphatic carbocycles. The maximum atomic E-state index is 11.6. The summed E-state index contributed by atoms with van der Waals surface area (Å²) in [7, 11) is 0. The van der Waals surface area contributed by atoms with Crippen molar-refractivity contribution in [2.24, 2.45) is 0 Å². The van der Waals surface area contributed by atoms with E-state index in [9.17, 15) is 9.59 Å². The molecule has 0 saturated heterocycles. The Bertz CT molecular complexity index is 818. The van der Waals surface area contributed by atoms with Gasteiger partial charge in [0.15, 0.2) is 18.5 Å². The van der Waals surface area contributed by atoms with Crippen molar-refractivity contribution in [3.05, 3.63) is 83.6 Å². The number of benzene rings is 2. The molecule has 0 amide bonds. The Kier molecular flexibility index (Phi) is 7.55. The van der Waals surface area contributed by atoms with Crippen LogP contribution in [0.4, 0.5) is 0 Å². The third-order valence-corrected chi connectivity index (χ3v) is 4.48. The highest BCUT2D eigenvalue weighted by molar-refractivity contribution is 5.76. The zero-order valence-corrected chi connectivity index (χ0v) is 16.2. The molecule has 0 bridgehead atoms. The van der Waals surface area contributed by atoms with Crippen LogP contribution in [0.15, 0.2) is 72.5 Å². The Labute approximate surface area is 170 Å². The molecular formula is C23H24O6. The zero-order chi connectivity index (χ0) is 20.5. The number of aldehydes is 1. The molecule has 0 fully saturated rings. The van der Waals surface area contributed by atoms with Crippen LogP contribution in [0.3, 0.4) is 0 Å². The number of carbonyl (C=O) groups excluding carboxylic acids is 2. The second-order valence-corrected chi connectivity index (χ2v) is 6.70. The zero-order valence-electron chi connectivity index (χ0n) is 16.2. The average molecular weight is 396 g/mol. The van der Waals surface area contributed by atoms with Crippen LogP contribution in [0.1, 0.15) is 18.1 Å². The molecule has 2 aromatic carbocycles. The van der Waals surface area contributed by atoms with Gasteiger partial charge in [0.05, 0.1) is 31.7 Å². The van der Waals surface area contributed by atoms with Crippen LogP contribution in [-0.4, -0.2) is 37.2 Å². The van der Waals surface area contributed by atoms with Gasteiger partial charge in [0.2, 0.25) is 0 Å². The van der Waals surface area contributed by atoms with E-state index in [1.807, 2.05) is 60.7 Å². The van der Waals surface area contributed by atoms with E-state index < -0.39 is 24.3 Å². The van der Waals surface area contributed by atoms with Crippen LogP contribution < -0.4 is 0 Å². The molecule has 0 saturated carbocycles. The minimum absolute atomic E-state index is 0.217. The lowest BCUT2D eigenvalue weighted by Gasteiger charge is -2.36. The number of rotatable bonds is 9. The molecule has 3 atom stereocenters. The second-order valence-electron chi connectivity index (χ2n) is 6.70. The van der Waals surface area contributed by atoms with Gasteiger partial charge in [0.1, 0.15) is 6.10 Å². The molecule has 2 aromatic rings. The van der Waals surface area contributed by atoms with Crippen LogP contribution >= 0.6 is 0 Å². The van der Waals surface area contributed by atoms with E-state index >= 15 is 0 Å². The molecule has 152 valence electrons. The van der Waals surface area contributed by atoms with E-state index in [0.29, 0.717) is 12.9 Å². The first-order chi connectivity index (χ1) is 14.2. The molecule has 29 heavy (non-hydrogen) atoms. The van der Waals surface area contributed by atoms with Gasteiger partial charge in [0, 0.05) is 6.92 Å². The number of hydrogen-bond donors (Lipinski definition) is 0. The number of esters is 1. The summed E-state index contributed by atoms with van der Waals surface area (Å²) >= 11 is 0. The maximum Gasteiger partial charge on any atom is 0.303 e. The van der Waals surface area contributed by atoms with Crippen molar-refractivity contribution in [1.29, 1.82) is 0 Å². The normalized spacial score (nSPS) is 21.0. The van der Waals surface area contributed by atoms with Gasteiger partial charge in [-0.25, -0.2) is 0 Å². The summed E-state index contributed by atoms with van der Waals surface area (Å²) in [6.45, 7) is 2.21. The lowest BCUT2D eigenvalue weighted by molar-refractivity contribution is -0.170. The Morgan fingerprint density at radius 1 is 1.00 bits per heavy atom. The molecule has 6 nitrogen and oxygen atoms in total. The molecule has 6 heteroatoms. The number of ether oxygens (including phenoxy) is 4. The first kappa shape index (κ1) is 20.8. The molecule has 3 rings (SSSR count). The first-order valence-corrected chi connectivity index (χ1v) is 9.42. The summed E-state index contributed by atoms with van der Waals surface area (Å²) in [5.74, 6) is -0.498. The molecule has 1 heterocycles. The predicted molar refractivity (Wildman–Crippen MR) is 106 cm³/mol. The van der Waals surface area contributed by atoms with E-state index in [1.165, 1.54) is 13.2 Å². The highest BCUT2D eigenvalue weighted by Gasteiger charge is 2.40. The monoisotopic (exact) mass is 396 g/mol. The van der Waals surface area contributed by atoms with Crippen molar-refractivity contribution in [2.75, 3.05) is 6.61 Å². The van der Waals surface area contributed by atoms with Crippen molar-refractivity contribution < 1.29 is 28.5 Å². The topological polar surface area (TPSA) is 71.1 Å². The van der Waals surface area contributed by atoms with Gasteiger partial charge in [-0.3, -0.25) is 9.59 Å². The Hall–Kier alpha value is -2.96. The largest absolute Gasteiger partial charge is 0.492 e. The molecule has 0 spiro atoms. The Morgan fingerprint density at radius 2 is 1.62 bits per heavy atom. The fourth-order valence-corrected chi connectivity index (χ4v) is 3.07. The van der Waals surface area contributed by atoms with Gasteiger partial charge < -0.3 is 18.9 Å². The highest BCUT2D eigenvalue weighted by atomic mass is 16.6. The quantitative estimate of drug-likeness (QED) is 0.479. The molecular weight excluding hydrogens is 372 g/mol.